The minimum atomic E-state index is -0.329. The van der Waals surface area contributed by atoms with Gasteiger partial charge >= 0.3 is 0 Å². The average Bonchev–Trinajstić information content (AvgIpc) is 2.32. The molecule has 1 saturated carbocycles. The Balaban J connectivity index is 2.12. The summed E-state index contributed by atoms with van der Waals surface area (Å²) >= 11 is 0. The van der Waals surface area contributed by atoms with E-state index in [0.717, 1.165) is 23.6 Å². The molecule has 0 aromatic heterocycles. The molecule has 104 valence electrons. The zero-order valence-electron chi connectivity index (χ0n) is 11.8. The van der Waals surface area contributed by atoms with Crippen LogP contribution >= 0.6 is 0 Å². The highest BCUT2D eigenvalue weighted by Gasteiger charge is 2.25. The van der Waals surface area contributed by atoms with Crippen molar-refractivity contribution in [1.82, 2.24) is 0 Å². The van der Waals surface area contributed by atoms with Crippen LogP contribution in [0, 0.1) is 28.9 Å². The first-order valence-electron chi connectivity index (χ1n) is 6.98. The molecule has 3 atom stereocenters. The van der Waals surface area contributed by atoms with Gasteiger partial charge in [-0.1, -0.05) is 13.8 Å². The van der Waals surface area contributed by atoms with Crippen molar-refractivity contribution in [2.24, 2.45) is 11.8 Å². The molecule has 2 rings (SSSR count). The Hall–Kier alpha value is -1.58. The van der Waals surface area contributed by atoms with Crippen molar-refractivity contribution in [3.8, 4) is 0 Å². The molecular weight excluding hydrogens is 240 g/mol. The lowest BCUT2D eigenvalue weighted by molar-refractivity contribution is -0.384. The number of nitrogens with one attached hydrogen (secondary N) is 1. The van der Waals surface area contributed by atoms with Crippen LogP contribution in [0.5, 0.6) is 0 Å². The third kappa shape index (κ3) is 3.46. The molecule has 4 nitrogen and oxygen atoms in total. The number of benzene rings is 1. The maximum absolute atomic E-state index is 10.9. The van der Waals surface area contributed by atoms with Crippen LogP contribution in [0.2, 0.25) is 0 Å². The summed E-state index contributed by atoms with van der Waals surface area (Å²) in [5, 5.41) is 14.4. The molecular formula is C15H22N2O2. The molecule has 1 aliphatic rings. The molecule has 0 radical (unpaired) electrons. The van der Waals surface area contributed by atoms with Gasteiger partial charge in [0.1, 0.15) is 0 Å². The van der Waals surface area contributed by atoms with E-state index in [0.29, 0.717) is 12.0 Å². The first kappa shape index (κ1) is 13.8. The molecule has 0 aliphatic heterocycles. The second-order valence-corrected chi connectivity index (χ2v) is 5.96. The van der Waals surface area contributed by atoms with Crippen molar-refractivity contribution < 1.29 is 4.92 Å². The third-order valence-corrected chi connectivity index (χ3v) is 4.06. The van der Waals surface area contributed by atoms with E-state index in [-0.39, 0.29) is 10.6 Å². The van der Waals surface area contributed by atoms with Crippen LogP contribution in [-0.4, -0.2) is 11.0 Å². The Morgan fingerprint density at radius 3 is 2.63 bits per heavy atom. The van der Waals surface area contributed by atoms with Crippen LogP contribution in [-0.2, 0) is 0 Å². The van der Waals surface area contributed by atoms with Crippen LogP contribution in [0.3, 0.4) is 0 Å². The number of aryl methyl sites for hydroxylation is 1. The predicted octanol–water partition coefficient (Wildman–Crippen LogP) is 4.14. The van der Waals surface area contributed by atoms with E-state index in [4.69, 9.17) is 0 Å². The van der Waals surface area contributed by atoms with Gasteiger partial charge in [-0.15, -0.1) is 0 Å². The highest BCUT2D eigenvalue weighted by atomic mass is 16.6. The van der Waals surface area contributed by atoms with E-state index < -0.39 is 0 Å². The Kier molecular flexibility index (Phi) is 4.08. The smallest absolute Gasteiger partial charge is 0.271 e. The van der Waals surface area contributed by atoms with Gasteiger partial charge in [0.15, 0.2) is 0 Å². The second kappa shape index (κ2) is 5.59. The summed E-state index contributed by atoms with van der Waals surface area (Å²) in [5.41, 5.74) is 1.96. The van der Waals surface area contributed by atoms with Crippen LogP contribution in [0.4, 0.5) is 11.4 Å². The fourth-order valence-electron chi connectivity index (χ4n) is 3.05. The Labute approximate surface area is 114 Å². The molecule has 1 fully saturated rings. The lowest BCUT2D eigenvalue weighted by atomic mass is 9.80. The van der Waals surface area contributed by atoms with E-state index in [2.05, 4.69) is 19.2 Å². The summed E-state index contributed by atoms with van der Waals surface area (Å²) in [6.45, 7) is 6.45. The van der Waals surface area contributed by atoms with Crippen molar-refractivity contribution in [2.75, 3.05) is 5.32 Å². The summed E-state index contributed by atoms with van der Waals surface area (Å²) in [6.07, 6.45) is 3.60. The van der Waals surface area contributed by atoms with E-state index >= 15 is 0 Å². The fraction of sp³-hybridized carbons (Fsp3) is 0.600. The number of hydrogen-bond donors (Lipinski definition) is 1. The number of nitro groups is 1. The van der Waals surface area contributed by atoms with Gasteiger partial charge in [-0.3, -0.25) is 10.1 Å². The summed E-state index contributed by atoms with van der Waals surface area (Å²) in [7, 11) is 0. The molecule has 0 saturated heterocycles. The summed E-state index contributed by atoms with van der Waals surface area (Å²) in [4.78, 5) is 10.6. The van der Waals surface area contributed by atoms with Crippen molar-refractivity contribution in [3.05, 3.63) is 33.9 Å². The van der Waals surface area contributed by atoms with Gasteiger partial charge in [0.05, 0.1) is 4.92 Å². The summed E-state index contributed by atoms with van der Waals surface area (Å²) in [5.74, 6) is 1.41. The largest absolute Gasteiger partial charge is 0.382 e. The zero-order valence-corrected chi connectivity index (χ0v) is 11.8. The van der Waals surface area contributed by atoms with E-state index in [9.17, 15) is 10.1 Å². The van der Waals surface area contributed by atoms with Gasteiger partial charge in [-0.25, -0.2) is 0 Å². The molecule has 0 amide bonds. The lowest BCUT2D eigenvalue weighted by Gasteiger charge is -2.33. The highest BCUT2D eigenvalue weighted by Crippen LogP contribution is 2.31. The Morgan fingerprint density at radius 2 is 2.00 bits per heavy atom. The molecule has 0 bridgehead atoms. The third-order valence-electron chi connectivity index (χ3n) is 4.06. The average molecular weight is 262 g/mol. The van der Waals surface area contributed by atoms with Crippen molar-refractivity contribution in [3.63, 3.8) is 0 Å². The van der Waals surface area contributed by atoms with Crippen LogP contribution in [0.1, 0.15) is 38.7 Å². The first-order valence-corrected chi connectivity index (χ1v) is 6.98. The molecule has 4 heteroatoms. The first-order chi connectivity index (χ1) is 8.95. The van der Waals surface area contributed by atoms with Crippen molar-refractivity contribution in [1.29, 1.82) is 0 Å². The topological polar surface area (TPSA) is 55.2 Å². The maximum Gasteiger partial charge on any atom is 0.271 e. The predicted molar refractivity (Wildman–Crippen MR) is 77.4 cm³/mol. The van der Waals surface area contributed by atoms with Gasteiger partial charge in [0.2, 0.25) is 0 Å². The monoisotopic (exact) mass is 262 g/mol. The number of rotatable bonds is 3. The number of hydrogen-bond acceptors (Lipinski definition) is 3. The molecule has 0 heterocycles. The summed E-state index contributed by atoms with van der Waals surface area (Å²) in [6, 6.07) is 5.66. The van der Waals surface area contributed by atoms with Gasteiger partial charge in [0.25, 0.3) is 5.69 Å². The molecule has 19 heavy (non-hydrogen) atoms. The number of anilines is 1. The standard InChI is InChI=1S/C15H22N2O2/c1-10-4-5-15(12(3)6-10)16-13-7-11(2)8-14(9-13)17(18)19/h7-10,12,15-16H,4-6H2,1-3H3. The van der Waals surface area contributed by atoms with Gasteiger partial charge in [-0.2, -0.15) is 0 Å². The van der Waals surface area contributed by atoms with Gasteiger partial charge < -0.3 is 5.32 Å². The summed E-state index contributed by atoms with van der Waals surface area (Å²) < 4.78 is 0. The molecule has 1 N–H and O–H groups in total. The number of nitrogens with zero attached hydrogens (tertiary/aromatic N) is 1. The minimum Gasteiger partial charge on any atom is -0.382 e. The highest BCUT2D eigenvalue weighted by molar-refractivity contribution is 5.54. The van der Waals surface area contributed by atoms with Crippen LogP contribution in [0.15, 0.2) is 18.2 Å². The zero-order chi connectivity index (χ0) is 14.0. The second-order valence-electron chi connectivity index (χ2n) is 5.96. The van der Waals surface area contributed by atoms with Crippen molar-refractivity contribution >= 4 is 11.4 Å². The molecule has 1 aromatic rings. The maximum atomic E-state index is 10.9. The van der Waals surface area contributed by atoms with Crippen LogP contribution in [0.25, 0.3) is 0 Å². The molecule has 0 spiro atoms. The Bertz CT molecular complexity index is 473. The van der Waals surface area contributed by atoms with E-state index in [1.54, 1.807) is 12.1 Å². The van der Waals surface area contributed by atoms with Gasteiger partial charge in [0, 0.05) is 23.9 Å². The van der Waals surface area contributed by atoms with E-state index in [1.807, 2.05) is 13.0 Å². The molecule has 1 aromatic carbocycles. The van der Waals surface area contributed by atoms with E-state index in [1.165, 1.54) is 12.8 Å². The minimum absolute atomic E-state index is 0.166. The van der Waals surface area contributed by atoms with Gasteiger partial charge in [-0.05, 0) is 49.7 Å². The molecule has 1 aliphatic carbocycles. The number of nitro benzene ring substituents is 1. The number of non-ortho nitro benzene ring substituents is 1. The normalized spacial score (nSPS) is 27.0. The lowest BCUT2D eigenvalue weighted by Crippen LogP contribution is -2.33. The molecule has 3 unspecified atom stereocenters. The van der Waals surface area contributed by atoms with Crippen molar-refractivity contribution in [2.45, 2.75) is 46.1 Å². The van der Waals surface area contributed by atoms with Crippen LogP contribution < -0.4 is 5.32 Å². The SMILES string of the molecule is Cc1cc(NC2CCC(C)CC2C)cc([N+](=O)[O-])c1. The quantitative estimate of drug-likeness (QED) is 0.658. The fourth-order valence-corrected chi connectivity index (χ4v) is 3.05. The Morgan fingerprint density at radius 1 is 1.26 bits per heavy atom.